The summed E-state index contributed by atoms with van der Waals surface area (Å²) in [6.07, 6.45) is -4.78. The SMILES string of the molecule is CCN(C)Cc1cccc(CNC(=O)Nc2cccc(OC(F)(F)F)c2)c1. The average molecular weight is 381 g/mol. The van der Waals surface area contributed by atoms with Crippen molar-refractivity contribution in [1.82, 2.24) is 10.2 Å². The summed E-state index contributed by atoms with van der Waals surface area (Å²) in [4.78, 5) is 14.2. The van der Waals surface area contributed by atoms with Crippen LogP contribution < -0.4 is 15.4 Å². The van der Waals surface area contributed by atoms with Crippen LogP contribution in [0, 0.1) is 0 Å². The Kier molecular flexibility index (Phi) is 7.06. The number of nitrogens with zero attached hydrogens (tertiary/aromatic N) is 1. The highest BCUT2D eigenvalue weighted by molar-refractivity contribution is 5.89. The molecule has 146 valence electrons. The van der Waals surface area contributed by atoms with Crippen LogP contribution in [0.15, 0.2) is 48.5 Å². The first-order chi connectivity index (χ1) is 12.7. The molecule has 0 aliphatic heterocycles. The molecule has 0 fully saturated rings. The fourth-order valence-corrected chi connectivity index (χ4v) is 2.39. The molecule has 27 heavy (non-hydrogen) atoms. The van der Waals surface area contributed by atoms with Crippen LogP contribution in [0.1, 0.15) is 18.1 Å². The van der Waals surface area contributed by atoms with Gasteiger partial charge in [0.05, 0.1) is 0 Å². The Morgan fingerprint density at radius 3 is 2.52 bits per heavy atom. The fourth-order valence-electron chi connectivity index (χ4n) is 2.39. The van der Waals surface area contributed by atoms with Crippen molar-refractivity contribution in [1.29, 1.82) is 0 Å². The summed E-state index contributed by atoms with van der Waals surface area (Å²) < 4.78 is 40.6. The van der Waals surface area contributed by atoms with Gasteiger partial charge < -0.3 is 20.3 Å². The number of carbonyl (C=O) groups is 1. The van der Waals surface area contributed by atoms with Crippen molar-refractivity contribution >= 4 is 11.7 Å². The lowest BCUT2D eigenvalue weighted by atomic mass is 10.1. The molecule has 0 heterocycles. The van der Waals surface area contributed by atoms with Gasteiger partial charge in [-0.3, -0.25) is 0 Å². The van der Waals surface area contributed by atoms with Gasteiger partial charge in [0, 0.05) is 24.8 Å². The molecule has 2 N–H and O–H groups in total. The number of rotatable bonds is 7. The first kappa shape index (κ1) is 20.6. The molecule has 0 saturated carbocycles. The van der Waals surface area contributed by atoms with Crippen molar-refractivity contribution in [3.63, 3.8) is 0 Å². The van der Waals surface area contributed by atoms with Crippen molar-refractivity contribution in [2.45, 2.75) is 26.4 Å². The molecular formula is C19H22F3N3O2. The molecule has 0 aromatic heterocycles. The molecule has 0 spiro atoms. The molecule has 2 aromatic rings. The minimum absolute atomic E-state index is 0.201. The first-order valence-corrected chi connectivity index (χ1v) is 8.42. The monoisotopic (exact) mass is 381 g/mol. The van der Waals surface area contributed by atoms with E-state index in [2.05, 4.69) is 27.2 Å². The molecule has 0 radical (unpaired) electrons. The van der Waals surface area contributed by atoms with E-state index in [0.717, 1.165) is 36.3 Å². The molecule has 0 aliphatic carbocycles. The zero-order chi connectivity index (χ0) is 19.9. The van der Waals surface area contributed by atoms with Crippen molar-refractivity contribution in [3.8, 4) is 5.75 Å². The summed E-state index contributed by atoms with van der Waals surface area (Å²) in [6.45, 7) is 4.11. The maximum absolute atomic E-state index is 12.3. The molecule has 0 bridgehead atoms. The van der Waals surface area contributed by atoms with E-state index in [1.807, 2.05) is 31.3 Å². The smallest absolute Gasteiger partial charge is 0.406 e. The summed E-state index contributed by atoms with van der Waals surface area (Å²) in [6, 6.07) is 12.4. The van der Waals surface area contributed by atoms with Crippen molar-refractivity contribution < 1.29 is 22.7 Å². The number of hydrogen-bond donors (Lipinski definition) is 2. The molecular weight excluding hydrogens is 359 g/mol. The Morgan fingerprint density at radius 1 is 1.11 bits per heavy atom. The van der Waals surface area contributed by atoms with Crippen LogP contribution in [0.4, 0.5) is 23.7 Å². The van der Waals surface area contributed by atoms with Crippen LogP contribution >= 0.6 is 0 Å². The van der Waals surface area contributed by atoms with Gasteiger partial charge in [-0.15, -0.1) is 13.2 Å². The molecule has 0 atom stereocenters. The van der Waals surface area contributed by atoms with Crippen LogP contribution in [0.25, 0.3) is 0 Å². The van der Waals surface area contributed by atoms with Crippen LogP contribution in [0.5, 0.6) is 5.75 Å². The van der Waals surface area contributed by atoms with Crippen LogP contribution in [0.2, 0.25) is 0 Å². The number of ether oxygens (including phenoxy) is 1. The molecule has 5 nitrogen and oxygen atoms in total. The van der Waals surface area contributed by atoms with Gasteiger partial charge in [-0.05, 0) is 36.9 Å². The number of benzene rings is 2. The lowest BCUT2D eigenvalue weighted by Gasteiger charge is -2.15. The van der Waals surface area contributed by atoms with Crippen molar-refractivity contribution in [2.24, 2.45) is 0 Å². The third-order valence-electron chi connectivity index (χ3n) is 3.76. The van der Waals surface area contributed by atoms with Crippen LogP contribution in [-0.4, -0.2) is 30.9 Å². The highest BCUT2D eigenvalue weighted by Gasteiger charge is 2.31. The highest BCUT2D eigenvalue weighted by Crippen LogP contribution is 2.25. The van der Waals surface area contributed by atoms with Gasteiger partial charge in [-0.25, -0.2) is 4.79 Å². The molecule has 8 heteroatoms. The maximum atomic E-state index is 12.3. The third-order valence-corrected chi connectivity index (χ3v) is 3.76. The van der Waals surface area contributed by atoms with E-state index in [1.165, 1.54) is 12.1 Å². The third kappa shape index (κ3) is 7.57. The van der Waals surface area contributed by atoms with Gasteiger partial charge in [0.2, 0.25) is 0 Å². The fraction of sp³-hybridized carbons (Fsp3) is 0.316. The van der Waals surface area contributed by atoms with E-state index in [-0.39, 0.29) is 5.69 Å². The Labute approximate surface area is 156 Å². The summed E-state index contributed by atoms with van der Waals surface area (Å²) in [5.41, 5.74) is 2.27. The summed E-state index contributed by atoms with van der Waals surface area (Å²) in [5, 5.41) is 5.17. The Bertz CT molecular complexity index is 766. The Hall–Kier alpha value is -2.74. The number of nitrogens with one attached hydrogen (secondary N) is 2. The zero-order valence-electron chi connectivity index (χ0n) is 15.1. The van der Waals surface area contributed by atoms with E-state index in [4.69, 9.17) is 0 Å². The lowest BCUT2D eigenvalue weighted by molar-refractivity contribution is -0.274. The van der Waals surface area contributed by atoms with Crippen molar-refractivity contribution in [2.75, 3.05) is 18.9 Å². The maximum Gasteiger partial charge on any atom is 0.573 e. The number of carbonyl (C=O) groups excluding carboxylic acids is 1. The Morgan fingerprint density at radius 2 is 1.81 bits per heavy atom. The normalized spacial score (nSPS) is 11.3. The van der Waals surface area contributed by atoms with Gasteiger partial charge in [0.25, 0.3) is 0 Å². The minimum atomic E-state index is -4.78. The number of anilines is 1. The van der Waals surface area contributed by atoms with Crippen molar-refractivity contribution in [3.05, 3.63) is 59.7 Å². The number of urea groups is 1. The first-order valence-electron chi connectivity index (χ1n) is 8.42. The zero-order valence-corrected chi connectivity index (χ0v) is 15.1. The highest BCUT2D eigenvalue weighted by atomic mass is 19.4. The molecule has 0 saturated heterocycles. The van der Waals surface area contributed by atoms with E-state index in [0.29, 0.717) is 6.54 Å². The molecule has 2 rings (SSSR count). The van der Waals surface area contributed by atoms with E-state index in [1.54, 1.807) is 0 Å². The predicted octanol–water partition coefficient (Wildman–Crippen LogP) is 4.36. The molecule has 2 aromatic carbocycles. The number of halogens is 3. The minimum Gasteiger partial charge on any atom is -0.406 e. The molecule has 0 unspecified atom stereocenters. The average Bonchev–Trinajstić information content (AvgIpc) is 2.59. The molecule has 0 aliphatic rings. The summed E-state index contributed by atoms with van der Waals surface area (Å²) in [7, 11) is 2.02. The van der Waals surface area contributed by atoms with E-state index in [9.17, 15) is 18.0 Å². The second-order valence-electron chi connectivity index (χ2n) is 6.03. The largest absolute Gasteiger partial charge is 0.573 e. The second-order valence-corrected chi connectivity index (χ2v) is 6.03. The van der Waals surface area contributed by atoms with Crippen LogP contribution in [-0.2, 0) is 13.1 Å². The van der Waals surface area contributed by atoms with Gasteiger partial charge in [-0.1, -0.05) is 37.3 Å². The lowest BCUT2D eigenvalue weighted by Crippen LogP contribution is -2.28. The van der Waals surface area contributed by atoms with Gasteiger partial charge in [0.15, 0.2) is 0 Å². The predicted molar refractivity (Wildman–Crippen MR) is 97.4 cm³/mol. The number of hydrogen-bond acceptors (Lipinski definition) is 3. The van der Waals surface area contributed by atoms with Crippen LogP contribution in [0.3, 0.4) is 0 Å². The second kappa shape index (κ2) is 9.27. The van der Waals surface area contributed by atoms with Gasteiger partial charge >= 0.3 is 12.4 Å². The standard InChI is InChI=1S/C19H22F3N3O2/c1-3-25(2)13-15-7-4-6-14(10-15)12-23-18(26)24-16-8-5-9-17(11-16)27-19(20,21)22/h4-11H,3,12-13H2,1-2H3,(H2,23,24,26). The molecule has 2 amide bonds. The van der Waals surface area contributed by atoms with Gasteiger partial charge in [-0.2, -0.15) is 0 Å². The van der Waals surface area contributed by atoms with Gasteiger partial charge in [0.1, 0.15) is 5.75 Å². The number of amides is 2. The summed E-state index contributed by atoms with van der Waals surface area (Å²) in [5.74, 6) is -0.395. The van der Waals surface area contributed by atoms with E-state index >= 15 is 0 Å². The quantitative estimate of drug-likeness (QED) is 0.749. The summed E-state index contributed by atoms with van der Waals surface area (Å²) >= 11 is 0. The topological polar surface area (TPSA) is 53.6 Å². The van der Waals surface area contributed by atoms with E-state index < -0.39 is 18.1 Å². The Balaban J connectivity index is 1.89. The number of alkyl halides is 3.